The summed E-state index contributed by atoms with van der Waals surface area (Å²) in [5.41, 5.74) is 15.1. The topological polar surface area (TPSA) is 143 Å². The van der Waals surface area contributed by atoms with Crippen LogP contribution in [0, 0.1) is 24.6 Å². The minimum atomic E-state index is -0.853. The average molecular weight is 425 g/mol. The minimum absolute atomic E-state index is 0.0881. The van der Waals surface area contributed by atoms with E-state index >= 15 is 0 Å². The molecule has 0 radical (unpaired) electrons. The Hall–Kier alpha value is -2.23. The van der Waals surface area contributed by atoms with Crippen LogP contribution in [0.15, 0.2) is 23.3 Å². The lowest BCUT2D eigenvalue weighted by Crippen LogP contribution is -2.39. The van der Waals surface area contributed by atoms with Gasteiger partial charge in [0.2, 0.25) is 0 Å². The first-order valence-corrected chi connectivity index (χ1v) is 10.4. The van der Waals surface area contributed by atoms with Gasteiger partial charge in [0.1, 0.15) is 11.7 Å². The van der Waals surface area contributed by atoms with Gasteiger partial charge in [-0.05, 0) is 56.8 Å². The van der Waals surface area contributed by atoms with E-state index in [-0.39, 0.29) is 18.1 Å². The molecule has 1 aromatic rings. The Labute approximate surface area is 178 Å². The molecule has 0 aliphatic carbocycles. The molecule has 1 aliphatic rings. The third-order valence-electron chi connectivity index (χ3n) is 5.00. The smallest absolute Gasteiger partial charge is 0.306 e. The van der Waals surface area contributed by atoms with Gasteiger partial charge in [-0.2, -0.15) is 5.10 Å². The molecule has 0 spiro atoms. The fraction of sp³-hybridized carbons (Fsp3) is 0.619. The molecule has 1 aromatic carbocycles. The zero-order valence-electron chi connectivity index (χ0n) is 18.3. The number of rotatable bonds is 8. The van der Waals surface area contributed by atoms with Crippen molar-refractivity contribution in [3.05, 3.63) is 35.1 Å². The minimum Gasteiger partial charge on any atom is -0.481 e. The highest BCUT2D eigenvalue weighted by molar-refractivity contribution is 5.84. The van der Waals surface area contributed by atoms with Gasteiger partial charge in [0.25, 0.3) is 0 Å². The maximum atomic E-state index is 13.6. The molecular weight excluding hydrogens is 387 g/mol. The zero-order valence-corrected chi connectivity index (χ0v) is 18.3. The van der Waals surface area contributed by atoms with Gasteiger partial charge in [-0.1, -0.05) is 26.0 Å². The largest absolute Gasteiger partial charge is 0.481 e. The number of benzene rings is 1. The van der Waals surface area contributed by atoms with E-state index in [2.05, 4.69) is 10.0 Å². The fourth-order valence-electron chi connectivity index (χ4n) is 3.35. The molecule has 9 heteroatoms. The molecule has 0 aromatic heterocycles. The third kappa shape index (κ3) is 10.00. The molecule has 170 valence electrons. The standard InChI is InChI=1S/C13H19FN2.C8H18N4O2/c1-10-2-3-11(13(14)8-10)9-16-6-4-12(15)5-7-16;1-5(2)3-6(8(13)14)4-7(9)11-12-10/h2-3,8,12H,4-7,9,15H2,1H3;5-6,12H,3-4,10H2,1-2H3,(H2,9,11)(H,13,14). The van der Waals surface area contributed by atoms with E-state index < -0.39 is 11.9 Å². The van der Waals surface area contributed by atoms with Crippen LogP contribution in [-0.4, -0.2) is 40.9 Å². The third-order valence-corrected chi connectivity index (χ3v) is 5.00. The van der Waals surface area contributed by atoms with Gasteiger partial charge in [-0.15, -0.1) is 0 Å². The molecule has 0 saturated carbocycles. The van der Waals surface area contributed by atoms with Gasteiger partial charge < -0.3 is 16.6 Å². The van der Waals surface area contributed by atoms with Crippen LogP contribution in [0.2, 0.25) is 0 Å². The number of likely N-dealkylation sites (tertiary alicyclic amines) is 1. The highest BCUT2D eigenvalue weighted by Crippen LogP contribution is 2.16. The monoisotopic (exact) mass is 424 g/mol. The molecule has 1 saturated heterocycles. The maximum absolute atomic E-state index is 13.6. The summed E-state index contributed by atoms with van der Waals surface area (Å²) in [7, 11) is 0. The van der Waals surface area contributed by atoms with E-state index in [9.17, 15) is 9.18 Å². The number of hydrazone groups is 1. The van der Waals surface area contributed by atoms with Crippen LogP contribution < -0.4 is 22.8 Å². The highest BCUT2D eigenvalue weighted by Gasteiger charge is 2.20. The summed E-state index contributed by atoms with van der Waals surface area (Å²) in [5, 5.41) is 12.4. The Morgan fingerprint density at radius 3 is 2.50 bits per heavy atom. The lowest BCUT2D eigenvalue weighted by atomic mass is 9.94. The lowest BCUT2D eigenvalue weighted by molar-refractivity contribution is -0.142. The normalized spacial score (nSPS) is 16.7. The summed E-state index contributed by atoms with van der Waals surface area (Å²) in [5.74, 6) is 4.01. The van der Waals surface area contributed by atoms with Crippen LogP contribution in [0.1, 0.15) is 50.7 Å². The lowest BCUT2D eigenvalue weighted by Gasteiger charge is -2.30. The first-order valence-electron chi connectivity index (χ1n) is 10.4. The molecule has 0 amide bonds. The number of nitrogens with one attached hydrogen (secondary N) is 1. The number of piperidine rings is 1. The number of carboxylic acid groups (broad SMARTS) is 1. The number of carboxylic acids is 1. The van der Waals surface area contributed by atoms with Gasteiger partial charge in [-0.3, -0.25) is 9.69 Å². The predicted octanol–water partition coefficient (Wildman–Crippen LogP) is 1.92. The second-order valence-electron chi connectivity index (χ2n) is 8.31. The van der Waals surface area contributed by atoms with Gasteiger partial charge in [0.05, 0.1) is 5.92 Å². The molecule has 1 unspecified atom stereocenters. The second kappa shape index (κ2) is 13.1. The molecule has 8 nitrogen and oxygen atoms in total. The Bertz CT molecular complexity index is 690. The van der Waals surface area contributed by atoms with E-state index in [1.807, 2.05) is 38.4 Å². The maximum Gasteiger partial charge on any atom is 0.306 e. The Morgan fingerprint density at radius 1 is 1.37 bits per heavy atom. The van der Waals surface area contributed by atoms with Crippen molar-refractivity contribution < 1.29 is 14.3 Å². The molecule has 1 aliphatic heterocycles. The molecular formula is C21H37FN6O2. The highest BCUT2D eigenvalue weighted by atomic mass is 19.1. The molecule has 1 atom stereocenters. The number of amidine groups is 1. The first kappa shape index (κ1) is 25.8. The molecule has 2 rings (SSSR count). The van der Waals surface area contributed by atoms with E-state index in [4.69, 9.17) is 22.4 Å². The summed E-state index contributed by atoms with van der Waals surface area (Å²) < 4.78 is 13.6. The summed E-state index contributed by atoms with van der Waals surface area (Å²) in [6.07, 6.45) is 2.84. The van der Waals surface area contributed by atoms with E-state index in [0.29, 0.717) is 24.9 Å². The van der Waals surface area contributed by atoms with E-state index in [1.54, 1.807) is 6.07 Å². The van der Waals surface area contributed by atoms with Gasteiger partial charge in [-0.25, -0.2) is 15.8 Å². The van der Waals surface area contributed by atoms with Crippen molar-refractivity contribution >= 4 is 11.8 Å². The van der Waals surface area contributed by atoms with Crippen molar-refractivity contribution in [1.82, 2.24) is 10.4 Å². The molecule has 1 fully saturated rings. The van der Waals surface area contributed by atoms with E-state index in [1.165, 1.54) is 0 Å². The number of hydrogen-bond donors (Lipinski definition) is 5. The predicted molar refractivity (Wildman–Crippen MR) is 118 cm³/mol. The number of carbonyl (C=O) groups is 1. The van der Waals surface area contributed by atoms with Gasteiger partial charge >= 0.3 is 5.97 Å². The van der Waals surface area contributed by atoms with Crippen molar-refractivity contribution in [1.29, 1.82) is 0 Å². The molecule has 8 N–H and O–H groups in total. The van der Waals surface area contributed by atoms with Crippen LogP contribution in [0.5, 0.6) is 0 Å². The van der Waals surface area contributed by atoms with Crippen LogP contribution in [0.4, 0.5) is 4.39 Å². The number of hydrazine groups is 1. The van der Waals surface area contributed by atoms with Crippen LogP contribution >= 0.6 is 0 Å². The number of halogens is 1. The van der Waals surface area contributed by atoms with Crippen molar-refractivity contribution in [2.24, 2.45) is 34.2 Å². The van der Waals surface area contributed by atoms with Crippen molar-refractivity contribution in [3.63, 3.8) is 0 Å². The molecule has 1 heterocycles. The van der Waals surface area contributed by atoms with Gasteiger partial charge in [0, 0.05) is 24.6 Å². The Balaban J connectivity index is 0.000000304. The number of nitrogens with two attached hydrogens (primary N) is 3. The van der Waals surface area contributed by atoms with Crippen LogP contribution in [-0.2, 0) is 11.3 Å². The summed E-state index contributed by atoms with van der Waals surface area (Å²) in [6, 6.07) is 5.79. The first-order chi connectivity index (χ1) is 14.1. The second-order valence-corrected chi connectivity index (χ2v) is 8.31. The Kier molecular flexibility index (Phi) is 11.3. The van der Waals surface area contributed by atoms with Gasteiger partial charge in [0.15, 0.2) is 0 Å². The number of aryl methyl sites for hydroxylation is 1. The van der Waals surface area contributed by atoms with E-state index in [0.717, 1.165) is 37.1 Å². The summed E-state index contributed by atoms with van der Waals surface area (Å²) in [4.78, 5) is 13.1. The SMILES string of the molecule is CC(C)CC(C/C(N)=N/NN)C(=O)O.Cc1ccc(CN2CCC(N)CC2)c(F)c1. The summed E-state index contributed by atoms with van der Waals surface area (Å²) >= 11 is 0. The average Bonchev–Trinajstić information content (AvgIpc) is 2.65. The number of hydrogen-bond acceptors (Lipinski definition) is 6. The van der Waals surface area contributed by atoms with Crippen molar-refractivity contribution in [3.8, 4) is 0 Å². The quantitative estimate of drug-likeness (QED) is 0.186. The zero-order chi connectivity index (χ0) is 22.7. The summed E-state index contributed by atoms with van der Waals surface area (Å²) in [6.45, 7) is 8.50. The number of nitrogens with zero attached hydrogens (tertiary/aromatic N) is 2. The fourth-order valence-corrected chi connectivity index (χ4v) is 3.35. The molecule has 30 heavy (non-hydrogen) atoms. The Morgan fingerprint density at radius 2 is 2.00 bits per heavy atom. The van der Waals surface area contributed by atoms with Crippen molar-refractivity contribution in [2.45, 2.75) is 59.0 Å². The van der Waals surface area contributed by atoms with Crippen LogP contribution in [0.3, 0.4) is 0 Å². The number of aliphatic carboxylic acids is 1. The van der Waals surface area contributed by atoms with Crippen molar-refractivity contribution in [2.75, 3.05) is 13.1 Å². The van der Waals surface area contributed by atoms with Crippen LogP contribution in [0.25, 0.3) is 0 Å². The molecule has 0 bridgehead atoms.